The van der Waals surface area contributed by atoms with Gasteiger partial charge in [-0.05, 0) is 18.9 Å². The molecule has 1 unspecified atom stereocenters. The van der Waals surface area contributed by atoms with Crippen molar-refractivity contribution >= 4 is 11.7 Å². The molecule has 0 spiro atoms. The van der Waals surface area contributed by atoms with Gasteiger partial charge in [-0.1, -0.05) is 13.8 Å². The molecule has 0 saturated carbocycles. The van der Waals surface area contributed by atoms with E-state index in [9.17, 15) is 4.79 Å². The van der Waals surface area contributed by atoms with Crippen LogP contribution in [0.5, 0.6) is 0 Å². The number of ether oxygens (including phenoxy) is 1. The van der Waals surface area contributed by atoms with Crippen molar-refractivity contribution in [1.82, 2.24) is 19.6 Å². The zero-order valence-electron chi connectivity index (χ0n) is 10.7. The van der Waals surface area contributed by atoms with E-state index in [1.54, 1.807) is 29.8 Å². The van der Waals surface area contributed by atoms with E-state index in [-0.39, 0.29) is 11.9 Å². The molecule has 6 heteroatoms. The van der Waals surface area contributed by atoms with Crippen molar-refractivity contribution in [3.63, 3.8) is 0 Å². The molecule has 2 aromatic rings. The van der Waals surface area contributed by atoms with Gasteiger partial charge in [0, 0.05) is 12.4 Å². The van der Waals surface area contributed by atoms with Gasteiger partial charge in [-0.15, -0.1) is 10.2 Å². The zero-order valence-corrected chi connectivity index (χ0v) is 10.7. The lowest BCUT2D eigenvalue weighted by atomic mass is 9.95. The molecule has 0 fully saturated rings. The van der Waals surface area contributed by atoms with E-state index < -0.39 is 5.92 Å². The summed E-state index contributed by atoms with van der Waals surface area (Å²) in [6.07, 6.45) is 3.44. The summed E-state index contributed by atoms with van der Waals surface area (Å²) in [6, 6.07) is 1.78. The van der Waals surface area contributed by atoms with E-state index >= 15 is 0 Å². The second-order valence-corrected chi connectivity index (χ2v) is 4.32. The number of hydrogen-bond acceptors (Lipinski definition) is 5. The SMILES string of the molecule is CCOC(=O)C(c1nnc2ncccn12)C(C)C. The largest absolute Gasteiger partial charge is 0.465 e. The van der Waals surface area contributed by atoms with Crippen molar-refractivity contribution in [2.24, 2.45) is 5.92 Å². The van der Waals surface area contributed by atoms with Crippen molar-refractivity contribution in [3.8, 4) is 0 Å². The smallest absolute Gasteiger partial charge is 0.316 e. The highest BCUT2D eigenvalue weighted by molar-refractivity contribution is 5.77. The van der Waals surface area contributed by atoms with Gasteiger partial charge in [-0.2, -0.15) is 0 Å². The second-order valence-electron chi connectivity index (χ2n) is 4.32. The minimum absolute atomic E-state index is 0.0802. The van der Waals surface area contributed by atoms with E-state index in [0.29, 0.717) is 18.2 Å². The molecule has 0 saturated heterocycles. The average molecular weight is 248 g/mol. The number of aromatic nitrogens is 4. The van der Waals surface area contributed by atoms with Crippen LogP contribution in [-0.4, -0.2) is 32.2 Å². The predicted molar refractivity (Wildman–Crippen MR) is 65.0 cm³/mol. The molecule has 6 nitrogen and oxygen atoms in total. The summed E-state index contributed by atoms with van der Waals surface area (Å²) in [6.45, 7) is 6.06. The summed E-state index contributed by atoms with van der Waals surface area (Å²) in [5.74, 6) is 0.445. The maximum atomic E-state index is 12.0. The highest BCUT2D eigenvalue weighted by Crippen LogP contribution is 2.24. The highest BCUT2D eigenvalue weighted by atomic mass is 16.5. The van der Waals surface area contributed by atoms with Crippen LogP contribution < -0.4 is 0 Å². The Kier molecular flexibility index (Phi) is 3.55. The predicted octanol–water partition coefficient (Wildman–Crippen LogP) is 1.43. The van der Waals surface area contributed by atoms with Gasteiger partial charge < -0.3 is 4.74 Å². The van der Waals surface area contributed by atoms with Crippen molar-refractivity contribution in [2.75, 3.05) is 6.61 Å². The number of carbonyl (C=O) groups is 1. The molecular weight excluding hydrogens is 232 g/mol. The van der Waals surface area contributed by atoms with Crippen molar-refractivity contribution in [3.05, 3.63) is 24.3 Å². The Bertz CT molecular complexity index is 550. The van der Waals surface area contributed by atoms with Crippen LogP contribution in [0.4, 0.5) is 0 Å². The normalized spacial score (nSPS) is 12.9. The fraction of sp³-hybridized carbons (Fsp3) is 0.500. The van der Waals surface area contributed by atoms with Gasteiger partial charge in [0.15, 0.2) is 5.82 Å². The number of fused-ring (bicyclic) bond motifs is 1. The Labute approximate surface area is 105 Å². The van der Waals surface area contributed by atoms with E-state index in [2.05, 4.69) is 15.2 Å². The molecule has 0 aliphatic heterocycles. The van der Waals surface area contributed by atoms with Gasteiger partial charge in [0.05, 0.1) is 6.61 Å². The van der Waals surface area contributed by atoms with Crippen LogP contribution in [0.3, 0.4) is 0 Å². The first kappa shape index (κ1) is 12.5. The Morgan fingerprint density at radius 2 is 2.22 bits per heavy atom. The minimum Gasteiger partial charge on any atom is -0.465 e. The topological polar surface area (TPSA) is 69.4 Å². The summed E-state index contributed by atoms with van der Waals surface area (Å²) >= 11 is 0. The Hall–Kier alpha value is -1.98. The Morgan fingerprint density at radius 1 is 1.44 bits per heavy atom. The third-order valence-corrected chi connectivity index (χ3v) is 2.70. The third-order valence-electron chi connectivity index (χ3n) is 2.70. The summed E-state index contributed by atoms with van der Waals surface area (Å²) < 4.78 is 6.82. The van der Waals surface area contributed by atoms with Gasteiger partial charge in [0.25, 0.3) is 5.78 Å². The van der Waals surface area contributed by atoms with Gasteiger partial charge in [0.2, 0.25) is 0 Å². The lowest BCUT2D eigenvalue weighted by Crippen LogP contribution is -2.23. The Balaban J connectivity index is 2.45. The average Bonchev–Trinajstić information content (AvgIpc) is 2.74. The molecule has 0 bridgehead atoms. The maximum absolute atomic E-state index is 12.0. The number of esters is 1. The standard InChI is InChI=1S/C12H16N4O2/c1-4-18-11(17)9(8(2)3)10-14-15-12-13-6-5-7-16(10)12/h5-9H,4H2,1-3H3. The van der Waals surface area contributed by atoms with Gasteiger partial charge in [-0.25, -0.2) is 4.98 Å². The first-order valence-electron chi connectivity index (χ1n) is 5.97. The minimum atomic E-state index is -0.427. The van der Waals surface area contributed by atoms with Crippen LogP contribution >= 0.6 is 0 Å². The van der Waals surface area contributed by atoms with Gasteiger partial charge in [0.1, 0.15) is 5.92 Å². The summed E-state index contributed by atoms with van der Waals surface area (Å²) in [5.41, 5.74) is 0. The lowest BCUT2D eigenvalue weighted by molar-refractivity contribution is -0.146. The highest BCUT2D eigenvalue weighted by Gasteiger charge is 2.30. The number of nitrogens with zero attached hydrogens (tertiary/aromatic N) is 4. The first-order valence-corrected chi connectivity index (χ1v) is 5.97. The third kappa shape index (κ3) is 2.18. The fourth-order valence-corrected chi connectivity index (χ4v) is 1.88. The number of carbonyl (C=O) groups excluding carboxylic acids is 1. The van der Waals surface area contributed by atoms with Crippen LogP contribution in [0.25, 0.3) is 5.78 Å². The summed E-state index contributed by atoms with van der Waals surface area (Å²) in [7, 11) is 0. The van der Waals surface area contributed by atoms with E-state index in [0.717, 1.165) is 0 Å². The first-order chi connectivity index (χ1) is 8.65. The molecule has 0 aliphatic rings. The van der Waals surface area contributed by atoms with Crippen molar-refractivity contribution in [1.29, 1.82) is 0 Å². The fourth-order valence-electron chi connectivity index (χ4n) is 1.88. The molecule has 0 N–H and O–H groups in total. The molecule has 18 heavy (non-hydrogen) atoms. The lowest BCUT2D eigenvalue weighted by Gasteiger charge is -2.17. The van der Waals surface area contributed by atoms with Gasteiger partial charge >= 0.3 is 5.97 Å². The molecular formula is C12H16N4O2. The quantitative estimate of drug-likeness (QED) is 0.765. The van der Waals surface area contributed by atoms with Crippen LogP contribution in [0.1, 0.15) is 32.5 Å². The molecule has 2 heterocycles. The second kappa shape index (κ2) is 5.12. The number of hydrogen-bond donors (Lipinski definition) is 0. The Morgan fingerprint density at radius 3 is 2.89 bits per heavy atom. The van der Waals surface area contributed by atoms with Crippen LogP contribution in [0.2, 0.25) is 0 Å². The van der Waals surface area contributed by atoms with Crippen LogP contribution in [0.15, 0.2) is 18.5 Å². The van der Waals surface area contributed by atoms with Crippen molar-refractivity contribution < 1.29 is 9.53 Å². The molecule has 0 radical (unpaired) electrons. The molecule has 96 valence electrons. The van der Waals surface area contributed by atoms with Crippen LogP contribution in [-0.2, 0) is 9.53 Å². The molecule has 0 aliphatic carbocycles. The monoisotopic (exact) mass is 248 g/mol. The molecule has 0 aromatic carbocycles. The summed E-state index contributed by atoms with van der Waals surface area (Å²) in [4.78, 5) is 16.1. The molecule has 2 aromatic heterocycles. The van der Waals surface area contributed by atoms with Gasteiger partial charge in [-0.3, -0.25) is 9.20 Å². The maximum Gasteiger partial charge on any atom is 0.316 e. The van der Waals surface area contributed by atoms with E-state index in [1.165, 1.54) is 0 Å². The molecule has 0 amide bonds. The molecule has 2 rings (SSSR count). The number of rotatable bonds is 4. The molecule has 1 atom stereocenters. The van der Waals surface area contributed by atoms with E-state index in [1.807, 2.05) is 13.8 Å². The summed E-state index contributed by atoms with van der Waals surface area (Å²) in [5, 5.41) is 8.03. The van der Waals surface area contributed by atoms with Crippen molar-refractivity contribution in [2.45, 2.75) is 26.7 Å². The zero-order chi connectivity index (χ0) is 13.1. The van der Waals surface area contributed by atoms with E-state index in [4.69, 9.17) is 4.74 Å². The van der Waals surface area contributed by atoms with Crippen LogP contribution in [0, 0.1) is 5.92 Å².